The molecule has 23 heavy (non-hydrogen) atoms. The number of aliphatic hydroxyl groups is 1. The van der Waals surface area contributed by atoms with Crippen molar-refractivity contribution in [3.63, 3.8) is 0 Å². The highest BCUT2D eigenvalue weighted by Crippen LogP contribution is 2.16. The fourth-order valence-electron chi connectivity index (χ4n) is 2.11. The molecule has 6 nitrogen and oxygen atoms in total. The quantitative estimate of drug-likeness (QED) is 0.811. The summed E-state index contributed by atoms with van der Waals surface area (Å²) in [5.41, 5.74) is 2.33. The van der Waals surface area contributed by atoms with E-state index in [1.165, 1.54) is 0 Å². The number of anilines is 1. The molecule has 1 unspecified atom stereocenters. The Morgan fingerprint density at radius 3 is 2.74 bits per heavy atom. The number of carbonyl (C=O) groups excluding carboxylic acids is 1. The second-order valence-corrected chi connectivity index (χ2v) is 6.61. The summed E-state index contributed by atoms with van der Waals surface area (Å²) in [7, 11) is 0. The van der Waals surface area contributed by atoms with E-state index < -0.39 is 6.10 Å². The molecule has 0 spiro atoms. The van der Waals surface area contributed by atoms with E-state index in [4.69, 9.17) is 0 Å². The summed E-state index contributed by atoms with van der Waals surface area (Å²) in [6.07, 6.45) is 2.64. The number of carbonyl (C=O) groups is 1. The van der Waals surface area contributed by atoms with Gasteiger partial charge in [-0.15, -0.1) is 0 Å². The number of aliphatic hydroxyl groups excluding tert-OH is 1. The summed E-state index contributed by atoms with van der Waals surface area (Å²) in [5, 5.41) is 19.7. The van der Waals surface area contributed by atoms with Gasteiger partial charge in [-0.2, -0.15) is 5.10 Å². The van der Waals surface area contributed by atoms with Crippen LogP contribution >= 0.6 is 0 Å². The van der Waals surface area contributed by atoms with Crippen molar-refractivity contribution in [2.75, 3.05) is 11.9 Å². The van der Waals surface area contributed by atoms with Crippen LogP contribution in [0.4, 0.5) is 10.5 Å². The molecule has 0 bridgehead atoms. The van der Waals surface area contributed by atoms with E-state index in [0.29, 0.717) is 5.69 Å². The average molecular weight is 316 g/mol. The molecule has 124 valence electrons. The van der Waals surface area contributed by atoms with Crippen molar-refractivity contribution in [2.24, 2.45) is 0 Å². The minimum atomic E-state index is -0.738. The molecule has 2 rings (SSSR count). The summed E-state index contributed by atoms with van der Waals surface area (Å²) in [4.78, 5) is 11.9. The number of nitrogens with one attached hydrogen (secondary N) is 2. The highest BCUT2D eigenvalue weighted by atomic mass is 16.3. The highest BCUT2D eigenvalue weighted by molar-refractivity contribution is 5.88. The summed E-state index contributed by atoms with van der Waals surface area (Å²) in [6, 6.07) is 7.21. The van der Waals surface area contributed by atoms with E-state index in [0.717, 1.165) is 11.1 Å². The number of aromatic nitrogens is 2. The maximum atomic E-state index is 11.9. The maximum Gasteiger partial charge on any atom is 0.319 e. The van der Waals surface area contributed by atoms with Crippen LogP contribution in [0.25, 0.3) is 0 Å². The normalized spacial score (nSPS) is 12.7. The zero-order valence-corrected chi connectivity index (χ0v) is 14.0. The van der Waals surface area contributed by atoms with E-state index in [2.05, 4.69) is 15.7 Å². The predicted molar refractivity (Wildman–Crippen MR) is 90.4 cm³/mol. The number of hydrogen-bond acceptors (Lipinski definition) is 3. The van der Waals surface area contributed by atoms with Gasteiger partial charge in [-0.3, -0.25) is 4.68 Å². The number of aryl methyl sites for hydroxylation is 1. The molecular formula is C17H24N4O2. The molecule has 0 radical (unpaired) electrons. The number of hydrogen-bond donors (Lipinski definition) is 3. The van der Waals surface area contributed by atoms with Crippen molar-refractivity contribution in [3.05, 3.63) is 47.8 Å². The number of amides is 2. The fraction of sp³-hybridized carbons (Fsp3) is 0.412. The SMILES string of the molecule is Cc1cccc(C(O)CNC(=O)Nc2cnn(C(C)(C)C)c2)c1. The molecule has 1 aromatic heterocycles. The van der Waals surface area contributed by atoms with E-state index in [1.807, 2.05) is 52.0 Å². The minimum absolute atomic E-state index is 0.141. The Hall–Kier alpha value is -2.34. The molecule has 2 amide bonds. The lowest BCUT2D eigenvalue weighted by Crippen LogP contribution is -2.32. The minimum Gasteiger partial charge on any atom is -0.387 e. The van der Waals surface area contributed by atoms with Crippen molar-refractivity contribution in [2.45, 2.75) is 39.3 Å². The van der Waals surface area contributed by atoms with Crippen LogP contribution in [0.1, 0.15) is 38.0 Å². The number of nitrogens with zero attached hydrogens (tertiary/aromatic N) is 2. The smallest absolute Gasteiger partial charge is 0.319 e. The molecule has 0 saturated carbocycles. The molecular weight excluding hydrogens is 292 g/mol. The Morgan fingerprint density at radius 2 is 2.13 bits per heavy atom. The van der Waals surface area contributed by atoms with Gasteiger partial charge in [-0.05, 0) is 33.3 Å². The summed E-state index contributed by atoms with van der Waals surface area (Å²) >= 11 is 0. The van der Waals surface area contributed by atoms with Crippen molar-refractivity contribution >= 4 is 11.7 Å². The van der Waals surface area contributed by atoms with Crippen molar-refractivity contribution in [1.82, 2.24) is 15.1 Å². The van der Waals surface area contributed by atoms with Crippen LogP contribution in [0, 0.1) is 6.92 Å². The third-order valence-corrected chi connectivity index (χ3v) is 3.41. The largest absolute Gasteiger partial charge is 0.387 e. The average Bonchev–Trinajstić information content (AvgIpc) is 2.93. The van der Waals surface area contributed by atoms with Crippen LogP contribution in [0.5, 0.6) is 0 Å². The first kappa shape index (κ1) is 17.0. The molecule has 3 N–H and O–H groups in total. The number of urea groups is 1. The predicted octanol–water partition coefficient (Wildman–Crippen LogP) is 2.80. The van der Waals surface area contributed by atoms with Crippen molar-refractivity contribution in [1.29, 1.82) is 0 Å². The Kier molecular flexibility index (Phi) is 5.05. The topological polar surface area (TPSA) is 79.2 Å². The van der Waals surface area contributed by atoms with Gasteiger partial charge in [-0.25, -0.2) is 4.79 Å². The first-order chi connectivity index (χ1) is 10.8. The van der Waals surface area contributed by atoms with Gasteiger partial charge < -0.3 is 15.7 Å². The lowest BCUT2D eigenvalue weighted by molar-refractivity contribution is 0.175. The third-order valence-electron chi connectivity index (χ3n) is 3.41. The standard InChI is InChI=1S/C17H24N4O2/c1-12-6-5-7-13(8-12)15(22)10-18-16(23)20-14-9-19-21(11-14)17(2,3)4/h5-9,11,15,22H,10H2,1-4H3,(H2,18,20,23). The molecule has 2 aromatic rings. The Bertz CT molecular complexity index is 673. The molecule has 0 fully saturated rings. The van der Waals surface area contributed by atoms with Gasteiger partial charge in [0, 0.05) is 12.7 Å². The van der Waals surface area contributed by atoms with E-state index in [1.54, 1.807) is 17.1 Å². The Balaban J connectivity index is 1.86. The molecule has 1 aromatic carbocycles. The molecule has 0 aliphatic rings. The van der Waals surface area contributed by atoms with Crippen LogP contribution in [-0.2, 0) is 5.54 Å². The van der Waals surface area contributed by atoms with Crippen LogP contribution < -0.4 is 10.6 Å². The molecule has 1 atom stereocenters. The van der Waals surface area contributed by atoms with Crippen LogP contribution in [0.15, 0.2) is 36.7 Å². The molecule has 0 aliphatic heterocycles. The Labute approximate surface area is 136 Å². The highest BCUT2D eigenvalue weighted by Gasteiger charge is 2.15. The summed E-state index contributed by atoms with van der Waals surface area (Å²) in [6.45, 7) is 8.19. The fourth-order valence-corrected chi connectivity index (χ4v) is 2.11. The van der Waals surface area contributed by atoms with Gasteiger partial charge in [0.2, 0.25) is 0 Å². The van der Waals surface area contributed by atoms with Gasteiger partial charge >= 0.3 is 6.03 Å². The van der Waals surface area contributed by atoms with Crippen LogP contribution in [-0.4, -0.2) is 27.5 Å². The first-order valence-electron chi connectivity index (χ1n) is 7.60. The molecule has 0 aliphatic carbocycles. The monoisotopic (exact) mass is 316 g/mol. The van der Waals surface area contributed by atoms with Gasteiger partial charge in [0.25, 0.3) is 0 Å². The van der Waals surface area contributed by atoms with E-state index in [9.17, 15) is 9.90 Å². The molecule has 6 heteroatoms. The number of benzene rings is 1. The Morgan fingerprint density at radius 1 is 1.39 bits per heavy atom. The van der Waals surface area contributed by atoms with E-state index in [-0.39, 0.29) is 18.1 Å². The van der Waals surface area contributed by atoms with Crippen LogP contribution in [0.3, 0.4) is 0 Å². The van der Waals surface area contributed by atoms with Gasteiger partial charge in [-0.1, -0.05) is 29.8 Å². The zero-order valence-electron chi connectivity index (χ0n) is 14.0. The lowest BCUT2D eigenvalue weighted by Gasteiger charge is -2.18. The van der Waals surface area contributed by atoms with Gasteiger partial charge in [0.15, 0.2) is 0 Å². The van der Waals surface area contributed by atoms with Crippen LogP contribution in [0.2, 0.25) is 0 Å². The number of rotatable bonds is 4. The lowest BCUT2D eigenvalue weighted by atomic mass is 10.1. The maximum absolute atomic E-state index is 11.9. The second kappa shape index (κ2) is 6.83. The zero-order chi connectivity index (χ0) is 17.0. The van der Waals surface area contributed by atoms with Crippen molar-refractivity contribution < 1.29 is 9.90 Å². The second-order valence-electron chi connectivity index (χ2n) is 6.61. The first-order valence-corrected chi connectivity index (χ1v) is 7.60. The third kappa shape index (κ3) is 4.82. The molecule has 0 saturated heterocycles. The van der Waals surface area contributed by atoms with E-state index >= 15 is 0 Å². The summed E-state index contributed by atoms with van der Waals surface area (Å²) in [5.74, 6) is 0. The molecule has 1 heterocycles. The summed E-state index contributed by atoms with van der Waals surface area (Å²) < 4.78 is 1.78. The van der Waals surface area contributed by atoms with Crippen molar-refractivity contribution in [3.8, 4) is 0 Å². The van der Waals surface area contributed by atoms with Gasteiger partial charge in [0.05, 0.1) is 23.5 Å². The van der Waals surface area contributed by atoms with Gasteiger partial charge in [0.1, 0.15) is 0 Å².